The molecule has 0 heterocycles. The quantitative estimate of drug-likeness (QED) is 0.562. The first-order valence-electron chi connectivity index (χ1n) is 4.53. The molecular weight excluding hydrogens is 154 g/mol. The van der Waals surface area contributed by atoms with E-state index >= 15 is 0 Å². The first-order valence-corrected chi connectivity index (χ1v) is 4.53. The first kappa shape index (κ1) is 11.9. The Bertz CT molecular complexity index is 109. The monoisotopic (exact) mass is 175 g/mol. The summed E-state index contributed by atoms with van der Waals surface area (Å²) in [4.78, 5) is 0. The fourth-order valence-corrected chi connectivity index (χ4v) is 1.26. The molecule has 0 saturated heterocycles. The van der Waals surface area contributed by atoms with Crippen molar-refractivity contribution in [2.45, 2.75) is 32.2 Å². The highest BCUT2D eigenvalue weighted by Crippen LogP contribution is 2.10. The summed E-state index contributed by atoms with van der Waals surface area (Å²) in [6.07, 6.45) is 1.94. The minimum Gasteiger partial charge on any atom is -0.394 e. The Morgan fingerprint density at radius 1 is 1.50 bits per heavy atom. The molecule has 2 N–H and O–H groups in total. The zero-order valence-corrected chi connectivity index (χ0v) is 8.39. The van der Waals surface area contributed by atoms with Gasteiger partial charge in [-0.2, -0.15) is 0 Å². The summed E-state index contributed by atoms with van der Waals surface area (Å²) in [6, 6.07) is 0. The van der Waals surface area contributed by atoms with Crippen LogP contribution in [0, 0.1) is 0 Å². The van der Waals surface area contributed by atoms with Crippen molar-refractivity contribution in [1.29, 1.82) is 0 Å². The van der Waals surface area contributed by atoms with Crippen LogP contribution in [0.5, 0.6) is 0 Å². The Morgan fingerprint density at radius 2 is 2.17 bits per heavy atom. The molecule has 0 saturated carbocycles. The van der Waals surface area contributed by atoms with Gasteiger partial charge >= 0.3 is 0 Å². The molecule has 0 aromatic heterocycles. The van der Waals surface area contributed by atoms with Gasteiger partial charge in [0.25, 0.3) is 0 Å². The van der Waals surface area contributed by atoms with Crippen LogP contribution in [0.25, 0.3) is 0 Å². The largest absolute Gasteiger partial charge is 0.394 e. The Balaban J connectivity index is 3.63. The van der Waals surface area contributed by atoms with Gasteiger partial charge in [0.1, 0.15) is 0 Å². The van der Waals surface area contributed by atoms with Crippen molar-refractivity contribution in [2.75, 3.05) is 26.9 Å². The Morgan fingerprint density at radius 3 is 2.58 bits per heavy atom. The number of nitrogens with one attached hydrogen (secondary N) is 1. The highest BCUT2D eigenvalue weighted by atomic mass is 16.5. The first-order chi connectivity index (χ1) is 5.68. The van der Waals surface area contributed by atoms with Crippen LogP contribution < -0.4 is 5.32 Å². The molecule has 0 aromatic rings. The molecule has 1 unspecified atom stereocenters. The number of aliphatic hydroxyl groups excluding tert-OH is 1. The van der Waals surface area contributed by atoms with Gasteiger partial charge in [-0.25, -0.2) is 0 Å². The number of hydrogen-bond donors (Lipinski definition) is 2. The Hall–Kier alpha value is -0.120. The SMILES string of the molecule is CCNC(C)(CO)CCCOC. The lowest BCUT2D eigenvalue weighted by molar-refractivity contribution is 0.141. The highest BCUT2D eigenvalue weighted by Gasteiger charge is 2.20. The van der Waals surface area contributed by atoms with Gasteiger partial charge in [-0.3, -0.25) is 0 Å². The summed E-state index contributed by atoms with van der Waals surface area (Å²) in [5, 5.41) is 12.4. The predicted molar refractivity (Wildman–Crippen MR) is 50.3 cm³/mol. The molecule has 3 heteroatoms. The van der Waals surface area contributed by atoms with Crippen LogP contribution in [0.4, 0.5) is 0 Å². The molecule has 3 nitrogen and oxygen atoms in total. The predicted octanol–water partition coefficient (Wildman–Crippen LogP) is 0.773. The number of ether oxygens (including phenoxy) is 1. The standard InChI is InChI=1S/C9H21NO2/c1-4-10-9(2,8-11)6-5-7-12-3/h10-11H,4-8H2,1-3H3. The topological polar surface area (TPSA) is 41.5 Å². The van der Waals surface area contributed by atoms with E-state index in [1.54, 1.807) is 7.11 Å². The molecule has 0 aliphatic rings. The van der Waals surface area contributed by atoms with Crippen LogP contribution in [0.15, 0.2) is 0 Å². The third-order valence-electron chi connectivity index (χ3n) is 2.03. The molecule has 74 valence electrons. The number of aliphatic hydroxyl groups is 1. The molecule has 0 aliphatic carbocycles. The van der Waals surface area contributed by atoms with E-state index in [1.807, 2.05) is 13.8 Å². The Labute approximate surface area is 75.1 Å². The Kier molecular flexibility index (Phi) is 6.34. The fraction of sp³-hybridized carbons (Fsp3) is 1.00. The van der Waals surface area contributed by atoms with Crippen molar-refractivity contribution in [3.63, 3.8) is 0 Å². The molecule has 1 atom stereocenters. The molecule has 0 rings (SSSR count). The number of hydrogen-bond acceptors (Lipinski definition) is 3. The van der Waals surface area contributed by atoms with Crippen molar-refractivity contribution in [3.05, 3.63) is 0 Å². The van der Waals surface area contributed by atoms with Gasteiger partial charge in [-0.05, 0) is 26.3 Å². The molecule has 12 heavy (non-hydrogen) atoms. The van der Waals surface area contributed by atoms with E-state index in [0.717, 1.165) is 26.0 Å². The van der Waals surface area contributed by atoms with Gasteiger partial charge in [0.05, 0.1) is 6.61 Å². The molecule has 0 radical (unpaired) electrons. The zero-order valence-electron chi connectivity index (χ0n) is 8.39. The van der Waals surface area contributed by atoms with Crippen molar-refractivity contribution in [2.24, 2.45) is 0 Å². The number of rotatable bonds is 7. The average molecular weight is 175 g/mol. The molecule has 0 bridgehead atoms. The van der Waals surface area contributed by atoms with Crippen LogP contribution in [0.1, 0.15) is 26.7 Å². The van der Waals surface area contributed by atoms with Crippen molar-refractivity contribution >= 4 is 0 Å². The third kappa shape index (κ3) is 4.70. The second-order valence-electron chi connectivity index (χ2n) is 3.35. The second kappa shape index (κ2) is 6.40. The van der Waals surface area contributed by atoms with Crippen LogP contribution in [-0.4, -0.2) is 37.5 Å². The minimum absolute atomic E-state index is 0.132. The van der Waals surface area contributed by atoms with E-state index in [4.69, 9.17) is 9.84 Å². The lowest BCUT2D eigenvalue weighted by Gasteiger charge is -2.28. The lowest BCUT2D eigenvalue weighted by atomic mass is 9.97. The summed E-state index contributed by atoms with van der Waals surface area (Å²) >= 11 is 0. The van der Waals surface area contributed by atoms with Crippen molar-refractivity contribution in [3.8, 4) is 0 Å². The smallest absolute Gasteiger partial charge is 0.0610 e. The van der Waals surface area contributed by atoms with Gasteiger partial charge in [0.15, 0.2) is 0 Å². The van der Waals surface area contributed by atoms with Crippen LogP contribution in [-0.2, 0) is 4.74 Å². The fourth-order valence-electron chi connectivity index (χ4n) is 1.26. The average Bonchev–Trinajstić information content (AvgIpc) is 2.06. The van der Waals surface area contributed by atoms with E-state index in [1.165, 1.54) is 0 Å². The molecule has 0 fully saturated rings. The van der Waals surface area contributed by atoms with E-state index in [0.29, 0.717) is 0 Å². The molecular formula is C9H21NO2. The molecule has 0 aliphatic heterocycles. The number of methoxy groups -OCH3 is 1. The van der Waals surface area contributed by atoms with E-state index < -0.39 is 0 Å². The summed E-state index contributed by atoms with van der Waals surface area (Å²) in [6.45, 7) is 5.92. The molecule has 0 spiro atoms. The van der Waals surface area contributed by atoms with Crippen LogP contribution in [0.2, 0.25) is 0 Å². The summed E-state index contributed by atoms with van der Waals surface area (Å²) < 4.78 is 4.95. The normalized spacial score (nSPS) is 16.0. The van der Waals surface area contributed by atoms with Gasteiger partial charge in [0, 0.05) is 19.3 Å². The zero-order chi connectivity index (χ0) is 9.45. The summed E-state index contributed by atoms with van der Waals surface area (Å²) in [5.41, 5.74) is -0.132. The summed E-state index contributed by atoms with van der Waals surface area (Å²) in [7, 11) is 1.70. The molecule has 0 aromatic carbocycles. The van der Waals surface area contributed by atoms with Gasteiger partial charge < -0.3 is 15.2 Å². The third-order valence-corrected chi connectivity index (χ3v) is 2.03. The van der Waals surface area contributed by atoms with Gasteiger partial charge in [-0.15, -0.1) is 0 Å². The highest BCUT2D eigenvalue weighted by molar-refractivity contribution is 4.81. The maximum absolute atomic E-state index is 9.11. The molecule has 0 amide bonds. The minimum atomic E-state index is -0.132. The number of likely N-dealkylation sites (N-methyl/N-ethyl adjacent to an activating group) is 1. The van der Waals surface area contributed by atoms with Crippen LogP contribution in [0.3, 0.4) is 0 Å². The van der Waals surface area contributed by atoms with Crippen molar-refractivity contribution in [1.82, 2.24) is 5.32 Å². The van der Waals surface area contributed by atoms with E-state index in [-0.39, 0.29) is 12.1 Å². The van der Waals surface area contributed by atoms with E-state index in [9.17, 15) is 0 Å². The van der Waals surface area contributed by atoms with Crippen LogP contribution >= 0.6 is 0 Å². The second-order valence-corrected chi connectivity index (χ2v) is 3.35. The maximum Gasteiger partial charge on any atom is 0.0610 e. The lowest BCUT2D eigenvalue weighted by Crippen LogP contribution is -2.45. The van der Waals surface area contributed by atoms with Gasteiger partial charge in [-0.1, -0.05) is 6.92 Å². The van der Waals surface area contributed by atoms with Gasteiger partial charge in [0.2, 0.25) is 0 Å². The summed E-state index contributed by atoms with van der Waals surface area (Å²) in [5.74, 6) is 0. The maximum atomic E-state index is 9.11. The van der Waals surface area contributed by atoms with E-state index in [2.05, 4.69) is 5.32 Å². The van der Waals surface area contributed by atoms with Crippen molar-refractivity contribution < 1.29 is 9.84 Å².